The van der Waals surface area contributed by atoms with Crippen LogP contribution in [0.3, 0.4) is 0 Å². The lowest BCUT2D eigenvalue weighted by atomic mass is 9.89. The molecule has 160 valence electrons. The molecule has 0 unspecified atom stereocenters. The van der Waals surface area contributed by atoms with Crippen molar-refractivity contribution in [2.75, 3.05) is 41.2 Å². The molecule has 0 N–H and O–H groups in total. The number of carbonyl (C=O) groups excluding carboxylic acids is 1. The van der Waals surface area contributed by atoms with E-state index in [1.165, 1.54) is 0 Å². The van der Waals surface area contributed by atoms with Crippen LogP contribution in [0.25, 0.3) is 0 Å². The molecule has 0 aromatic heterocycles. The number of fused-ring (bicyclic) bond motifs is 1. The summed E-state index contributed by atoms with van der Waals surface area (Å²) in [7, 11) is 4.80. The van der Waals surface area contributed by atoms with E-state index >= 15 is 0 Å². The summed E-state index contributed by atoms with van der Waals surface area (Å²) in [5.41, 5.74) is 1.68. The van der Waals surface area contributed by atoms with Crippen molar-refractivity contribution >= 4 is 5.78 Å². The predicted molar refractivity (Wildman–Crippen MR) is 111 cm³/mol. The van der Waals surface area contributed by atoms with Gasteiger partial charge in [0.05, 0.1) is 26.9 Å². The molecule has 1 saturated heterocycles. The molecule has 4 rings (SSSR count). The SMILES string of the molecule is COc1ccc(C(=O)[C@@H]2CCCN(Cc3cc(OC)c4c(c3)OCO4)C2)c(OC)c1. The first-order valence-electron chi connectivity index (χ1n) is 10.1. The van der Waals surface area contributed by atoms with Crippen molar-refractivity contribution in [3.05, 3.63) is 41.5 Å². The molecule has 7 nitrogen and oxygen atoms in total. The standard InChI is InChI=1S/C23H27NO6/c1-26-17-6-7-18(19(11-17)27-2)22(25)16-5-4-8-24(13-16)12-15-9-20(28-3)23-21(10-15)29-14-30-23/h6-7,9-11,16H,4-5,8,12-14H2,1-3H3/t16-/m1/s1. The van der Waals surface area contributed by atoms with Gasteiger partial charge in [0.1, 0.15) is 11.5 Å². The zero-order chi connectivity index (χ0) is 21.1. The average molecular weight is 413 g/mol. The molecule has 0 amide bonds. The highest BCUT2D eigenvalue weighted by molar-refractivity contribution is 6.00. The molecule has 0 spiro atoms. The largest absolute Gasteiger partial charge is 0.497 e. The fraction of sp³-hybridized carbons (Fsp3) is 0.435. The molecule has 0 aliphatic carbocycles. The smallest absolute Gasteiger partial charge is 0.231 e. The van der Waals surface area contributed by atoms with Gasteiger partial charge in [-0.2, -0.15) is 0 Å². The number of benzene rings is 2. The van der Waals surface area contributed by atoms with Gasteiger partial charge in [0.2, 0.25) is 12.5 Å². The number of methoxy groups -OCH3 is 3. The minimum Gasteiger partial charge on any atom is -0.497 e. The average Bonchev–Trinajstić information content (AvgIpc) is 3.26. The Balaban J connectivity index is 1.48. The molecule has 30 heavy (non-hydrogen) atoms. The number of Topliss-reactive ketones (excluding diaryl/α,β-unsaturated/α-hetero) is 1. The summed E-state index contributed by atoms with van der Waals surface area (Å²) in [6.07, 6.45) is 1.84. The van der Waals surface area contributed by atoms with Crippen LogP contribution in [-0.2, 0) is 6.54 Å². The van der Waals surface area contributed by atoms with Gasteiger partial charge in [-0.05, 0) is 49.2 Å². The number of ketones is 1. The van der Waals surface area contributed by atoms with Gasteiger partial charge in [0.25, 0.3) is 0 Å². The van der Waals surface area contributed by atoms with E-state index in [0.717, 1.165) is 31.5 Å². The topological polar surface area (TPSA) is 66.5 Å². The Morgan fingerprint density at radius 2 is 1.90 bits per heavy atom. The minimum absolute atomic E-state index is 0.0723. The highest BCUT2D eigenvalue weighted by atomic mass is 16.7. The van der Waals surface area contributed by atoms with E-state index in [1.54, 1.807) is 39.5 Å². The minimum atomic E-state index is -0.0723. The quantitative estimate of drug-likeness (QED) is 0.643. The first kappa shape index (κ1) is 20.3. The lowest BCUT2D eigenvalue weighted by molar-refractivity contribution is 0.0808. The van der Waals surface area contributed by atoms with Gasteiger partial charge in [-0.3, -0.25) is 9.69 Å². The molecule has 2 heterocycles. The molecule has 2 aromatic carbocycles. The monoisotopic (exact) mass is 413 g/mol. The molecule has 7 heteroatoms. The van der Waals surface area contributed by atoms with Crippen LogP contribution >= 0.6 is 0 Å². The zero-order valence-corrected chi connectivity index (χ0v) is 17.6. The maximum atomic E-state index is 13.2. The van der Waals surface area contributed by atoms with Gasteiger partial charge in [-0.25, -0.2) is 0 Å². The van der Waals surface area contributed by atoms with Crippen LogP contribution in [0, 0.1) is 5.92 Å². The Morgan fingerprint density at radius 1 is 1.07 bits per heavy atom. The highest BCUT2D eigenvalue weighted by Crippen LogP contribution is 2.42. The van der Waals surface area contributed by atoms with Crippen LogP contribution in [0.5, 0.6) is 28.7 Å². The molecule has 2 aromatic rings. The van der Waals surface area contributed by atoms with Crippen molar-refractivity contribution < 1.29 is 28.5 Å². The first-order chi connectivity index (χ1) is 14.6. The van der Waals surface area contributed by atoms with Crippen molar-refractivity contribution in [1.82, 2.24) is 4.90 Å². The summed E-state index contributed by atoms with van der Waals surface area (Å²) in [6, 6.07) is 9.32. The second-order valence-electron chi connectivity index (χ2n) is 7.54. The maximum Gasteiger partial charge on any atom is 0.231 e. The summed E-state index contributed by atoms with van der Waals surface area (Å²) in [6.45, 7) is 2.57. The summed E-state index contributed by atoms with van der Waals surface area (Å²) >= 11 is 0. The van der Waals surface area contributed by atoms with Crippen molar-refractivity contribution in [3.8, 4) is 28.7 Å². The van der Waals surface area contributed by atoms with Gasteiger partial charge in [-0.1, -0.05) is 0 Å². The second kappa shape index (κ2) is 8.83. The van der Waals surface area contributed by atoms with Gasteiger partial charge in [0.15, 0.2) is 17.3 Å². The third-order valence-corrected chi connectivity index (χ3v) is 5.67. The van der Waals surface area contributed by atoms with E-state index < -0.39 is 0 Å². The highest BCUT2D eigenvalue weighted by Gasteiger charge is 2.29. The van der Waals surface area contributed by atoms with E-state index in [9.17, 15) is 4.79 Å². The molecule has 1 fully saturated rings. The Hall–Kier alpha value is -2.93. The normalized spacial score (nSPS) is 18.2. The fourth-order valence-corrected chi connectivity index (χ4v) is 4.17. The second-order valence-corrected chi connectivity index (χ2v) is 7.54. The number of hydrogen-bond acceptors (Lipinski definition) is 7. The van der Waals surface area contributed by atoms with Gasteiger partial charge in [0, 0.05) is 25.1 Å². The van der Waals surface area contributed by atoms with Gasteiger partial charge >= 0.3 is 0 Å². The maximum absolute atomic E-state index is 13.2. The predicted octanol–water partition coefficient (Wildman–Crippen LogP) is 3.54. The van der Waals surface area contributed by atoms with Crippen molar-refractivity contribution in [2.24, 2.45) is 5.92 Å². The van der Waals surface area contributed by atoms with E-state index in [2.05, 4.69) is 4.90 Å². The van der Waals surface area contributed by atoms with Crippen LogP contribution < -0.4 is 23.7 Å². The third-order valence-electron chi connectivity index (χ3n) is 5.67. The van der Waals surface area contributed by atoms with Crippen molar-refractivity contribution in [3.63, 3.8) is 0 Å². The lowest BCUT2D eigenvalue weighted by Gasteiger charge is -2.32. The summed E-state index contributed by atoms with van der Waals surface area (Å²) < 4.78 is 27.1. The summed E-state index contributed by atoms with van der Waals surface area (Å²) in [5, 5.41) is 0. The number of rotatable bonds is 7. The number of hydrogen-bond donors (Lipinski definition) is 0. The van der Waals surface area contributed by atoms with E-state index in [-0.39, 0.29) is 18.5 Å². The molecule has 0 saturated carbocycles. The zero-order valence-electron chi connectivity index (χ0n) is 17.6. The number of piperidine rings is 1. The molecule has 2 aliphatic rings. The summed E-state index contributed by atoms with van der Waals surface area (Å²) in [4.78, 5) is 15.5. The third kappa shape index (κ3) is 4.03. The van der Waals surface area contributed by atoms with Gasteiger partial charge in [-0.15, -0.1) is 0 Å². The number of likely N-dealkylation sites (tertiary alicyclic amines) is 1. The Labute approximate surface area is 176 Å². The van der Waals surface area contributed by atoms with Crippen molar-refractivity contribution in [1.29, 1.82) is 0 Å². The lowest BCUT2D eigenvalue weighted by Crippen LogP contribution is -2.38. The Kier molecular flexibility index (Phi) is 5.99. The van der Waals surface area contributed by atoms with Crippen LogP contribution in [0.15, 0.2) is 30.3 Å². The van der Waals surface area contributed by atoms with Gasteiger partial charge < -0.3 is 23.7 Å². The molecule has 2 aliphatic heterocycles. The van der Waals surface area contributed by atoms with Crippen molar-refractivity contribution in [2.45, 2.75) is 19.4 Å². The fourth-order valence-electron chi connectivity index (χ4n) is 4.17. The molecular weight excluding hydrogens is 386 g/mol. The van der Waals surface area contributed by atoms with E-state index in [0.29, 0.717) is 40.9 Å². The van der Waals surface area contributed by atoms with Crippen LogP contribution in [0.1, 0.15) is 28.8 Å². The molecule has 0 radical (unpaired) electrons. The number of carbonyl (C=O) groups is 1. The first-order valence-corrected chi connectivity index (χ1v) is 10.1. The summed E-state index contributed by atoms with van der Waals surface area (Å²) in [5.74, 6) is 3.30. The van der Waals surface area contributed by atoms with Crippen LogP contribution in [0.2, 0.25) is 0 Å². The van der Waals surface area contributed by atoms with Crippen LogP contribution in [0.4, 0.5) is 0 Å². The molecular formula is C23H27NO6. The van der Waals surface area contributed by atoms with E-state index in [1.807, 2.05) is 12.1 Å². The number of ether oxygens (including phenoxy) is 5. The Morgan fingerprint density at radius 3 is 2.67 bits per heavy atom. The van der Waals surface area contributed by atoms with Crippen LogP contribution in [-0.4, -0.2) is 51.9 Å². The Bertz CT molecular complexity index is 928. The molecule has 0 bridgehead atoms. The van der Waals surface area contributed by atoms with E-state index in [4.69, 9.17) is 23.7 Å². The number of nitrogens with zero attached hydrogens (tertiary/aromatic N) is 1. The molecule has 1 atom stereocenters.